The number of alkyl halides is 1. The Bertz CT molecular complexity index is 889. The van der Waals surface area contributed by atoms with E-state index >= 15 is 0 Å². The Morgan fingerprint density at radius 3 is 2.33 bits per heavy atom. The third-order valence-electron chi connectivity index (χ3n) is 3.91. The van der Waals surface area contributed by atoms with Crippen LogP contribution in [0.4, 0.5) is 4.39 Å². The van der Waals surface area contributed by atoms with Crippen LogP contribution in [0.15, 0.2) is 67.3 Å². The number of hydrogen-bond acceptors (Lipinski definition) is 4. The predicted molar refractivity (Wildman–Crippen MR) is 112 cm³/mol. The van der Waals surface area contributed by atoms with Crippen LogP contribution < -0.4 is 0 Å². The summed E-state index contributed by atoms with van der Waals surface area (Å²) in [5.74, 6) is -0.362. The number of thiol groups is 1. The number of nitrogens with zero attached hydrogens (tertiary/aromatic N) is 2. The molecule has 0 bridgehead atoms. The molecule has 3 nitrogen and oxygen atoms in total. The topological polar surface area (TPSA) is 34.9 Å². The standard InChI is InChI=1S/C19H15Cl2FN2OS2/c20-14-5-1-13(2-6-14)17(18(21)24-10-9-23-11-24)27-19(25)16(26)12-3-7-15(22)8-4-12/h1-11,16-18,26H. The van der Waals surface area contributed by atoms with Crippen LogP contribution in [0.3, 0.4) is 0 Å². The fraction of sp³-hybridized carbons (Fsp3) is 0.158. The van der Waals surface area contributed by atoms with Gasteiger partial charge >= 0.3 is 0 Å². The average molecular weight is 441 g/mol. The van der Waals surface area contributed by atoms with Gasteiger partial charge in [0.2, 0.25) is 5.12 Å². The van der Waals surface area contributed by atoms with Gasteiger partial charge < -0.3 is 4.57 Å². The van der Waals surface area contributed by atoms with Crippen molar-refractivity contribution in [2.75, 3.05) is 0 Å². The molecule has 8 heteroatoms. The Morgan fingerprint density at radius 2 is 1.74 bits per heavy atom. The molecule has 27 heavy (non-hydrogen) atoms. The summed E-state index contributed by atoms with van der Waals surface area (Å²) in [6.45, 7) is 0. The van der Waals surface area contributed by atoms with E-state index in [1.54, 1.807) is 47.6 Å². The maximum atomic E-state index is 13.1. The first-order valence-electron chi connectivity index (χ1n) is 7.96. The lowest BCUT2D eigenvalue weighted by atomic mass is 10.1. The van der Waals surface area contributed by atoms with E-state index in [9.17, 15) is 9.18 Å². The van der Waals surface area contributed by atoms with Crippen LogP contribution in [0.5, 0.6) is 0 Å². The third-order valence-corrected chi connectivity index (χ3v) is 6.75. The molecule has 0 amide bonds. The number of thioether (sulfide) groups is 1. The molecule has 1 heterocycles. The van der Waals surface area contributed by atoms with E-state index in [1.165, 1.54) is 12.1 Å². The van der Waals surface area contributed by atoms with Crippen molar-refractivity contribution in [3.8, 4) is 0 Å². The fourth-order valence-corrected chi connectivity index (χ4v) is 4.44. The summed E-state index contributed by atoms with van der Waals surface area (Å²) in [5.41, 5.74) is 0.934. The van der Waals surface area contributed by atoms with Gasteiger partial charge in [-0.15, -0.1) is 0 Å². The summed E-state index contributed by atoms with van der Waals surface area (Å²) in [4.78, 5) is 16.9. The minimum Gasteiger partial charge on any atom is -0.319 e. The summed E-state index contributed by atoms with van der Waals surface area (Å²) in [6.07, 6.45) is 4.97. The maximum Gasteiger partial charge on any atom is 0.206 e. The molecule has 3 rings (SSSR count). The Labute approximate surface area is 176 Å². The molecule has 0 aliphatic rings. The number of halogens is 3. The van der Waals surface area contributed by atoms with Gasteiger partial charge in [-0.25, -0.2) is 9.37 Å². The third kappa shape index (κ3) is 5.08. The van der Waals surface area contributed by atoms with Crippen molar-refractivity contribution < 1.29 is 9.18 Å². The molecule has 0 saturated carbocycles. The van der Waals surface area contributed by atoms with Gasteiger partial charge in [0.1, 0.15) is 11.3 Å². The molecule has 3 aromatic rings. The van der Waals surface area contributed by atoms with Crippen LogP contribution >= 0.6 is 47.6 Å². The van der Waals surface area contributed by atoms with Crippen molar-refractivity contribution in [3.05, 3.63) is 89.2 Å². The van der Waals surface area contributed by atoms with Gasteiger partial charge in [-0.2, -0.15) is 12.6 Å². The van der Waals surface area contributed by atoms with E-state index in [0.29, 0.717) is 10.6 Å². The number of hydrogen-bond donors (Lipinski definition) is 1. The second-order valence-electron chi connectivity index (χ2n) is 5.75. The normalized spacial score (nSPS) is 14.5. The molecule has 0 N–H and O–H groups in total. The van der Waals surface area contributed by atoms with Gasteiger partial charge in [-0.3, -0.25) is 4.79 Å². The van der Waals surface area contributed by atoms with Crippen LogP contribution in [-0.2, 0) is 4.79 Å². The summed E-state index contributed by atoms with van der Waals surface area (Å²) in [5, 5.41) is -0.672. The predicted octanol–water partition coefficient (Wildman–Crippen LogP) is 6.09. The Morgan fingerprint density at radius 1 is 1.11 bits per heavy atom. The molecule has 1 aromatic heterocycles. The quantitative estimate of drug-likeness (QED) is 0.372. The van der Waals surface area contributed by atoms with Crippen LogP contribution in [0, 0.1) is 5.82 Å². The van der Waals surface area contributed by atoms with E-state index in [-0.39, 0.29) is 16.2 Å². The number of carbonyl (C=O) groups is 1. The fourth-order valence-electron chi connectivity index (χ4n) is 2.48. The monoisotopic (exact) mass is 440 g/mol. The molecule has 2 aromatic carbocycles. The highest BCUT2D eigenvalue weighted by Crippen LogP contribution is 2.44. The minimum absolute atomic E-state index is 0.185. The zero-order chi connectivity index (χ0) is 19.4. The Kier molecular flexibility index (Phi) is 6.87. The molecular weight excluding hydrogens is 426 g/mol. The van der Waals surface area contributed by atoms with Crippen LogP contribution in [0.2, 0.25) is 5.02 Å². The van der Waals surface area contributed by atoms with Crippen molar-refractivity contribution in [2.45, 2.75) is 16.0 Å². The highest BCUT2D eigenvalue weighted by Gasteiger charge is 2.29. The van der Waals surface area contributed by atoms with E-state index in [1.807, 2.05) is 12.1 Å². The molecule has 0 fully saturated rings. The summed E-state index contributed by atoms with van der Waals surface area (Å²) >= 11 is 18.1. The van der Waals surface area contributed by atoms with Crippen molar-refractivity contribution >= 4 is 52.7 Å². The van der Waals surface area contributed by atoms with Crippen molar-refractivity contribution in [3.63, 3.8) is 0 Å². The van der Waals surface area contributed by atoms with Gasteiger partial charge in [0, 0.05) is 17.4 Å². The lowest BCUT2D eigenvalue weighted by Crippen LogP contribution is -2.13. The first kappa shape index (κ1) is 20.3. The average Bonchev–Trinajstić information content (AvgIpc) is 3.21. The van der Waals surface area contributed by atoms with Gasteiger partial charge in [0.25, 0.3) is 0 Å². The number of benzene rings is 2. The second-order valence-corrected chi connectivity index (χ2v) is 8.29. The first-order valence-corrected chi connectivity index (χ1v) is 10.2. The molecule has 0 saturated heterocycles. The summed E-state index contributed by atoms with van der Waals surface area (Å²) in [6, 6.07) is 12.9. The van der Waals surface area contributed by atoms with E-state index in [2.05, 4.69) is 17.6 Å². The van der Waals surface area contributed by atoms with E-state index in [0.717, 1.165) is 17.3 Å². The van der Waals surface area contributed by atoms with Crippen molar-refractivity contribution in [1.29, 1.82) is 0 Å². The molecule has 0 spiro atoms. The van der Waals surface area contributed by atoms with Crippen molar-refractivity contribution in [2.24, 2.45) is 0 Å². The van der Waals surface area contributed by atoms with Crippen LogP contribution in [0.25, 0.3) is 0 Å². The summed E-state index contributed by atoms with van der Waals surface area (Å²) in [7, 11) is 0. The number of rotatable bonds is 6. The first-order chi connectivity index (χ1) is 13.0. The number of carbonyl (C=O) groups excluding carboxylic acids is 1. The zero-order valence-electron chi connectivity index (χ0n) is 13.9. The summed E-state index contributed by atoms with van der Waals surface area (Å²) < 4.78 is 14.9. The molecule has 0 aliphatic carbocycles. The molecule has 0 radical (unpaired) electrons. The van der Waals surface area contributed by atoms with Gasteiger partial charge in [0.15, 0.2) is 0 Å². The lowest BCUT2D eigenvalue weighted by Gasteiger charge is -2.24. The Balaban J connectivity index is 1.85. The smallest absolute Gasteiger partial charge is 0.206 e. The van der Waals surface area contributed by atoms with Gasteiger partial charge in [-0.05, 0) is 35.4 Å². The molecular formula is C19H15Cl2FN2OS2. The van der Waals surface area contributed by atoms with Crippen LogP contribution in [0.1, 0.15) is 27.1 Å². The highest BCUT2D eigenvalue weighted by atomic mass is 35.5. The van der Waals surface area contributed by atoms with Crippen LogP contribution in [-0.4, -0.2) is 14.7 Å². The molecule has 3 unspecified atom stereocenters. The van der Waals surface area contributed by atoms with E-state index in [4.69, 9.17) is 23.2 Å². The number of aromatic nitrogens is 2. The van der Waals surface area contributed by atoms with E-state index < -0.39 is 10.8 Å². The van der Waals surface area contributed by atoms with Gasteiger partial charge in [-0.1, -0.05) is 59.2 Å². The largest absolute Gasteiger partial charge is 0.319 e. The molecule has 3 atom stereocenters. The number of imidazole rings is 1. The second kappa shape index (κ2) is 9.15. The van der Waals surface area contributed by atoms with Gasteiger partial charge in [0.05, 0.1) is 16.8 Å². The van der Waals surface area contributed by atoms with Crippen molar-refractivity contribution in [1.82, 2.24) is 9.55 Å². The molecule has 0 aliphatic heterocycles. The minimum atomic E-state index is -0.697. The zero-order valence-corrected chi connectivity index (χ0v) is 17.1. The SMILES string of the molecule is O=C(SC(c1ccc(Cl)cc1)C(Cl)n1ccnc1)C(S)c1ccc(F)cc1. The highest BCUT2D eigenvalue weighted by molar-refractivity contribution is 8.15. The molecule has 140 valence electrons. The lowest BCUT2D eigenvalue weighted by molar-refractivity contribution is -0.110. The Hall–Kier alpha value is -1.47. The maximum absolute atomic E-state index is 13.1.